The summed E-state index contributed by atoms with van der Waals surface area (Å²) in [5.74, 6) is 1.09. The van der Waals surface area contributed by atoms with Crippen LogP contribution in [0.4, 0.5) is 0 Å². The first kappa shape index (κ1) is 16.1. The summed E-state index contributed by atoms with van der Waals surface area (Å²) in [5.41, 5.74) is 0.562. The number of rotatable bonds is 5. The van der Waals surface area contributed by atoms with Gasteiger partial charge in [0.25, 0.3) is 5.91 Å². The first-order valence-electron chi connectivity index (χ1n) is 7.81. The standard InChI is InChI=1S/C15H21N5O2S/c1-10-14(18-11(2)23-10)15(21)16-6-12-4-3-5-20(7-12)8-13-17-9-22-19-13/h9,12H,3-8H2,1-2H3,(H,16,21)/t12-/m1/s1. The average Bonchev–Trinajstić information content (AvgIpc) is 3.14. The number of aromatic nitrogens is 3. The van der Waals surface area contributed by atoms with E-state index in [4.69, 9.17) is 4.52 Å². The monoisotopic (exact) mass is 335 g/mol. The largest absolute Gasteiger partial charge is 0.350 e. The molecule has 7 nitrogen and oxygen atoms in total. The van der Waals surface area contributed by atoms with E-state index in [2.05, 4.69) is 25.3 Å². The number of hydrogen-bond acceptors (Lipinski definition) is 7. The summed E-state index contributed by atoms with van der Waals surface area (Å²) < 4.78 is 4.77. The third-order valence-corrected chi connectivity index (χ3v) is 4.93. The Bertz CT molecular complexity index is 655. The van der Waals surface area contributed by atoms with Crippen LogP contribution in [0.1, 0.15) is 39.0 Å². The van der Waals surface area contributed by atoms with Gasteiger partial charge in [0.15, 0.2) is 5.82 Å². The van der Waals surface area contributed by atoms with Crippen LogP contribution in [-0.4, -0.2) is 45.6 Å². The molecule has 1 saturated heterocycles. The lowest BCUT2D eigenvalue weighted by atomic mass is 9.98. The summed E-state index contributed by atoms with van der Waals surface area (Å²) in [6.07, 6.45) is 3.60. The van der Waals surface area contributed by atoms with E-state index in [1.54, 1.807) is 11.3 Å². The van der Waals surface area contributed by atoms with Gasteiger partial charge in [0.2, 0.25) is 6.39 Å². The van der Waals surface area contributed by atoms with Gasteiger partial charge in [0, 0.05) is 18.0 Å². The number of nitrogens with one attached hydrogen (secondary N) is 1. The van der Waals surface area contributed by atoms with Crippen LogP contribution in [0.15, 0.2) is 10.9 Å². The smallest absolute Gasteiger partial charge is 0.271 e. The minimum absolute atomic E-state index is 0.0675. The van der Waals surface area contributed by atoms with Gasteiger partial charge >= 0.3 is 0 Å². The molecule has 1 N–H and O–H groups in total. The van der Waals surface area contributed by atoms with Crippen LogP contribution in [0.5, 0.6) is 0 Å². The molecule has 3 rings (SSSR count). The number of carbonyl (C=O) groups excluding carboxylic acids is 1. The highest BCUT2D eigenvalue weighted by molar-refractivity contribution is 7.11. The fourth-order valence-electron chi connectivity index (χ4n) is 2.98. The van der Waals surface area contributed by atoms with E-state index in [9.17, 15) is 4.79 Å². The SMILES string of the molecule is Cc1nc(C(=O)NC[C@H]2CCCN(Cc3ncon3)C2)c(C)s1. The normalized spacial score (nSPS) is 19.0. The van der Waals surface area contributed by atoms with Gasteiger partial charge in [0.05, 0.1) is 11.6 Å². The molecule has 124 valence electrons. The van der Waals surface area contributed by atoms with E-state index in [0.717, 1.165) is 35.8 Å². The van der Waals surface area contributed by atoms with Crippen molar-refractivity contribution in [1.29, 1.82) is 0 Å². The molecule has 1 amide bonds. The lowest BCUT2D eigenvalue weighted by Crippen LogP contribution is -2.40. The summed E-state index contributed by atoms with van der Waals surface area (Å²) in [7, 11) is 0. The highest BCUT2D eigenvalue weighted by Gasteiger charge is 2.22. The minimum Gasteiger partial charge on any atom is -0.350 e. The molecule has 2 aromatic heterocycles. The molecular weight excluding hydrogens is 314 g/mol. The van der Waals surface area contributed by atoms with Crippen molar-refractivity contribution in [3.05, 3.63) is 27.8 Å². The Labute approximate surface area is 139 Å². The van der Waals surface area contributed by atoms with Gasteiger partial charge in [-0.05, 0) is 39.2 Å². The zero-order valence-electron chi connectivity index (χ0n) is 13.4. The quantitative estimate of drug-likeness (QED) is 0.897. The van der Waals surface area contributed by atoms with Crippen LogP contribution in [0.25, 0.3) is 0 Å². The Kier molecular flexibility index (Phi) is 5.02. The second kappa shape index (κ2) is 7.18. The maximum absolute atomic E-state index is 12.2. The van der Waals surface area contributed by atoms with E-state index in [1.165, 1.54) is 6.39 Å². The molecule has 1 aliphatic heterocycles. The van der Waals surface area contributed by atoms with E-state index in [-0.39, 0.29) is 5.91 Å². The number of amides is 1. The maximum atomic E-state index is 12.2. The Morgan fingerprint density at radius 1 is 1.52 bits per heavy atom. The van der Waals surface area contributed by atoms with Gasteiger partial charge < -0.3 is 9.84 Å². The molecule has 2 aromatic rings. The van der Waals surface area contributed by atoms with Crippen LogP contribution >= 0.6 is 11.3 Å². The molecule has 3 heterocycles. The van der Waals surface area contributed by atoms with Gasteiger partial charge in [-0.15, -0.1) is 11.3 Å². The summed E-state index contributed by atoms with van der Waals surface area (Å²) >= 11 is 1.56. The van der Waals surface area contributed by atoms with Crippen LogP contribution in [0.3, 0.4) is 0 Å². The second-order valence-electron chi connectivity index (χ2n) is 5.94. The van der Waals surface area contributed by atoms with Crippen molar-refractivity contribution >= 4 is 17.2 Å². The third kappa shape index (κ3) is 4.14. The number of nitrogens with zero attached hydrogens (tertiary/aromatic N) is 4. The van der Waals surface area contributed by atoms with Crippen molar-refractivity contribution in [1.82, 2.24) is 25.3 Å². The molecule has 0 saturated carbocycles. The predicted octanol–water partition coefficient (Wildman–Crippen LogP) is 1.78. The summed E-state index contributed by atoms with van der Waals surface area (Å²) in [4.78, 5) is 23.9. The lowest BCUT2D eigenvalue weighted by molar-refractivity contribution is 0.0924. The van der Waals surface area contributed by atoms with E-state index < -0.39 is 0 Å². The van der Waals surface area contributed by atoms with Gasteiger partial charge in [-0.1, -0.05) is 5.16 Å². The van der Waals surface area contributed by atoms with Crippen LogP contribution in [-0.2, 0) is 6.54 Å². The number of likely N-dealkylation sites (tertiary alicyclic amines) is 1. The zero-order chi connectivity index (χ0) is 16.2. The van der Waals surface area contributed by atoms with Gasteiger partial charge in [-0.2, -0.15) is 4.98 Å². The Hall–Kier alpha value is -1.80. The molecule has 1 aliphatic rings. The number of hydrogen-bond donors (Lipinski definition) is 1. The molecule has 0 radical (unpaired) electrons. The van der Waals surface area contributed by atoms with Crippen LogP contribution in [0, 0.1) is 19.8 Å². The highest BCUT2D eigenvalue weighted by Crippen LogP contribution is 2.19. The summed E-state index contributed by atoms with van der Waals surface area (Å²) in [6.45, 7) is 7.20. The van der Waals surface area contributed by atoms with Gasteiger partial charge in [-0.25, -0.2) is 4.98 Å². The number of thiazole rings is 1. The summed E-state index contributed by atoms with van der Waals surface area (Å²) in [6, 6.07) is 0. The first-order valence-corrected chi connectivity index (χ1v) is 8.63. The van der Waals surface area contributed by atoms with Crippen molar-refractivity contribution in [2.75, 3.05) is 19.6 Å². The number of piperidine rings is 1. The zero-order valence-corrected chi connectivity index (χ0v) is 14.2. The molecule has 0 bridgehead atoms. The Morgan fingerprint density at radius 3 is 3.09 bits per heavy atom. The van der Waals surface area contributed by atoms with Crippen molar-refractivity contribution in [2.24, 2.45) is 5.92 Å². The molecule has 1 fully saturated rings. The topological polar surface area (TPSA) is 84.2 Å². The van der Waals surface area contributed by atoms with Gasteiger partial charge in [-0.3, -0.25) is 9.69 Å². The number of aryl methyl sites for hydroxylation is 2. The predicted molar refractivity (Wildman–Crippen MR) is 86.2 cm³/mol. The molecule has 23 heavy (non-hydrogen) atoms. The maximum Gasteiger partial charge on any atom is 0.271 e. The molecule has 8 heteroatoms. The number of carbonyl (C=O) groups is 1. The summed E-state index contributed by atoms with van der Waals surface area (Å²) in [5, 5.41) is 7.82. The molecule has 0 unspecified atom stereocenters. The highest BCUT2D eigenvalue weighted by atomic mass is 32.1. The van der Waals surface area contributed by atoms with Crippen molar-refractivity contribution < 1.29 is 9.32 Å². The molecule has 1 atom stereocenters. The average molecular weight is 335 g/mol. The van der Waals surface area contributed by atoms with E-state index >= 15 is 0 Å². The van der Waals surface area contributed by atoms with Gasteiger partial charge in [0.1, 0.15) is 5.69 Å². The van der Waals surface area contributed by atoms with Crippen LogP contribution < -0.4 is 5.32 Å². The fraction of sp³-hybridized carbons (Fsp3) is 0.600. The lowest BCUT2D eigenvalue weighted by Gasteiger charge is -2.31. The Morgan fingerprint density at radius 2 is 2.39 bits per heavy atom. The van der Waals surface area contributed by atoms with Crippen molar-refractivity contribution in [3.8, 4) is 0 Å². The molecular formula is C15H21N5O2S. The fourth-order valence-corrected chi connectivity index (χ4v) is 3.80. The Balaban J connectivity index is 1.50. The van der Waals surface area contributed by atoms with E-state index in [1.807, 2.05) is 13.8 Å². The second-order valence-corrected chi connectivity index (χ2v) is 7.35. The molecule has 0 aromatic carbocycles. The molecule has 0 spiro atoms. The molecule has 0 aliphatic carbocycles. The van der Waals surface area contributed by atoms with Crippen LogP contribution in [0.2, 0.25) is 0 Å². The van der Waals surface area contributed by atoms with Crippen molar-refractivity contribution in [2.45, 2.75) is 33.2 Å². The first-order chi connectivity index (χ1) is 11.1. The van der Waals surface area contributed by atoms with Crippen molar-refractivity contribution in [3.63, 3.8) is 0 Å². The van der Waals surface area contributed by atoms with E-state index in [0.29, 0.717) is 30.5 Å². The third-order valence-electron chi connectivity index (χ3n) is 4.04. The minimum atomic E-state index is -0.0675.